The van der Waals surface area contributed by atoms with Crippen molar-refractivity contribution < 1.29 is 18.0 Å². The fourth-order valence-corrected chi connectivity index (χ4v) is 3.80. The summed E-state index contributed by atoms with van der Waals surface area (Å²) >= 11 is 0. The molecule has 0 spiro atoms. The van der Waals surface area contributed by atoms with Gasteiger partial charge in [-0.25, -0.2) is 0 Å². The predicted molar refractivity (Wildman–Crippen MR) is 119 cm³/mol. The Labute approximate surface area is 181 Å². The van der Waals surface area contributed by atoms with Gasteiger partial charge in [0.1, 0.15) is 6.04 Å². The van der Waals surface area contributed by atoms with Crippen molar-refractivity contribution in [2.75, 3.05) is 48.3 Å². The number of para-hydroxylation sites is 1. The average molecular weight is 435 g/mol. The van der Waals surface area contributed by atoms with Crippen LogP contribution in [0.25, 0.3) is 0 Å². The number of likely N-dealkylation sites (N-methyl/N-ethyl adjacent to an activating group) is 1. The van der Waals surface area contributed by atoms with Crippen LogP contribution >= 0.6 is 0 Å². The van der Waals surface area contributed by atoms with E-state index in [1.807, 2.05) is 25.1 Å². The molecule has 8 heteroatoms. The number of alkyl halides is 3. The second kappa shape index (κ2) is 9.60. The van der Waals surface area contributed by atoms with Crippen molar-refractivity contribution in [3.63, 3.8) is 0 Å². The molecule has 3 rings (SSSR count). The van der Waals surface area contributed by atoms with Gasteiger partial charge >= 0.3 is 6.18 Å². The summed E-state index contributed by atoms with van der Waals surface area (Å²) in [4.78, 5) is 17.3. The van der Waals surface area contributed by atoms with Gasteiger partial charge in [-0.2, -0.15) is 13.2 Å². The van der Waals surface area contributed by atoms with Gasteiger partial charge in [-0.1, -0.05) is 19.1 Å². The maximum absolute atomic E-state index is 13.2. The summed E-state index contributed by atoms with van der Waals surface area (Å²) in [5.41, 5.74) is 1.90. The molecule has 2 N–H and O–H groups in total. The van der Waals surface area contributed by atoms with Crippen LogP contribution in [0.5, 0.6) is 0 Å². The molecule has 0 bridgehead atoms. The molecule has 2 aromatic rings. The number of aryl methyl sites for hydroxylation is 1. The first kappa shape index (κ1) is 22.9. The number of nitrogens with one attached hydrogen (secondary N) is 2. The first-order valence-electron chi connectivity index (χ1n) is 10.5. The van der Waals surface area contributed by atoms with E-state index in [4.69, 9.17) is 0 Å². The van der Waals surface area contributed by atoms with Crippen molar-refractivity contribution in [2.24, 2.45) is 0 Å². The zero-order valence-corrected chi connectivity index (χ0v) is 18.1. The Morgan fingerprint density at radius 2 is 1.77 bits per heavy atom. The minimum atomic E-state index is -4.53. The van der Waals surface area contributed by atoms with Crippen LogP contribution in [0.1, 0.15) is 25.0 Å². The summed E-state index contributed by atoms with van der Waals surface area (Å²) < 4.78 is 39.5. The maximum atomic E-state index is 13.2. The van der Waals surface area contributed by atoms with E-state index >= 15 is 0 Å². The first-order valence-corrected chi connectivity index (χ1v) is 10.5. The van der Waals surface area contributed by atoms with Crippen LogP contribution in [0.15, 0.2) is 42.5 Å². The van der Waals surface area contributed by atoms with E-state index in [1.54, 1.807) is 6.92 Å². The van der Waals surface area contributed by atoms with E-state index in [9.17, 15) is 18.0 Å². The number of halogens is 3. The van der Waals surface area contributed by atoms with Crippen molar-refractivity contribution in [1.82, 2.24) is 4.90 Å². The molecule has 1 saturated heterocycles. The van der Waals surface area contributed by atoms with E-state index in [1.165, 1.54) is 18.2 Å². The van der Waals surface area contributed by atoms with Gasteiger partial charge in [0.05, 0.1) is 11.3 Å². The van der Waals surface area contributed by atoms with E-state index in [2.05, 4.69) is 27.4 Å². The summed E-state index contributed by atoms with van der Waals surface area (Å²) in [7, 11) is 0. The minimum absolute atomic E-state index is 0.244. The molecule has 2 aromatic carbocycles. The lowest BCUT2D eigenvalue weighted by atomic mass is 10.1. The lowest BCUT2D eigenvalue weighted by molar-refractivity contribution is -0.137. The van der Waals surface area contributed by atoms with E-state index in [0.717, 1.165) is 55.7 Å². The number of amides is 1. The molecule has 0 unspecified atom stereocenters. The molecule has 0 aliphatic carbocycles. The Balaban J connectivity index is 1.64. The molecule has 1 aliphatic rings. The van der Waals surface area contributed by atoms with E-state index in [0.29, 0.717) is 0 Å². The van der Waals surface area contributed by atoms with Crippen LogP contribution in [0.3, 0.4) is 0 Å². The van der Waals surface area contributed by atoms with Gasteiger partial charge in [0.25, 0.3) is 0 Å². The van der Waals surface area contributed by atoms with E-state index < -0.39 is 23.7 Å². The topological polar surface area (TPSA) is 47.6 Å². The summed E-state index contributed by atoms with van der Waals surface area (Å²) in [5, 5.41) is 5.48. The van der Waals surface area contributed by atoms with Gasteiger partial charge in [-0.3, -0.25) is 4.79 Å². The number of hydrogen-bond acceptors (Lipinski definition) is 4. The monoisotopic (exact) mass is 434 g/mol. The summed E-state index contributed by atoms with van der Waals surface area (Å²) in [5.74, 6) is -0.533. The Bertz CT molecular complexity index is 908. The SMILES string of the molecule is CCN1CCN(c2ccc(N[C@H](C)C(=O)Nc3ccccc3C(F)(F)F)cc2C)CC1. The van der Waals surface area contributed by atoms with Crippen molar-refractivity contribution >= 4 is 23.0 Å². The second-order valence-electron chi connectivity index (χ2n) is 7.82. The molecular formula is C23H29F3N4O. The third kappa shape index (κ3) is 5.70. The lowest BCUT2D eigenvalue weighted by Gasteiger charge is -2.36. The fraction of sp³-hybridized carbons (Fsp3) is 0.435. The number of anilines is 3. The molecule has 168 valence electrons. The maximum Gasteiger partial charge on any atom is 0.418 e. The molecule has 1 fully saturated rings. The van der Waals surface area contributed by atoms with Crippen LogP contribution in [0.4, 0.5) is 30.2 Å². The third-order valence-electron chi connectivity index (χ3n) is 5.62. The molecular weight excluding hydrogens is 405 g/mol. The molecule has 0 aromatic heterocycles. The minimum Gasteiger partial charge on any atom is -0.374 e. The first-order chi connectivity index (χ1) is 14.7. The summed E-state index contributed by atoms with van der Waals surface area (Å²) in [6.45, 7) is 10.9. The van der Waals surface area contributed by atoms with Gasteiger partial charge in [-0.05, 0) is 56.3 Å². The Morgan fingerprint density at radius 3 is 2.39 bits per heavy atom. The average Bonchev–Trinajstić information content (AvgIpc) is 2.73. The van der Waals surface area contributed by atoms with E-state index in [-0.39, 0.29) is 5.69 Å². The van der Waals surface area contributed by atoms with Crippen LogP contribution in [0.2, 0.25) is 0 Å². The van der Waals surface area contributed by atoms with Crippen LogP contribution in [0, 0.1) is 6.92 Å². The van der Waals surface area contributed by atoms with Crippen molar-refractivity contribution in [3.05, 3.63) is 53.6 Å². The number of carbonyl (C=O) groups is 1. The van der Waals surface area contributed by atoms with Crippen molar-refractivity contribution in [3.8, 4) is 0 Å². The van der Waals surface area contributed by atoms with Gasteiger partial charge in [0, 0.05) is 37.6 Å². The van der Waals surface area contributed by atoms with Gasteiger partial charge in [0.15, 0.2) is 0 Å². The normalized spacial score (nSPS) is 16.1. The molecule has 1 amide bonds. The molecule has 1 heterocycles. The molecule has 0 saturated carbocycles. The standard InChI is InChI=1S/C23H29F3N4O/c1-4-29-11-13-30(14-12-29)21-10-9-18(15-16(21)2)27-17(3)22(31)28-20-8-6-5-7-19(20)23(24,25)26/h5-10,15,17,27H,4,11-14H2,1-3H3,(H,28,31)/t17-/m1/s1. The number of nitrogens with zero attached hydrogens (tertiary/aromatic N) is 2. The van der Waals surface area contributed by atoms with Crippen LogP contribution < -0.4 is 15.5 Å². The largest absolute Gasteiger partial charge is 0.418 e. The molecule has 31 heavy (non-hydrogen) atoms. The summed E-state index contributed by atoms with van der Waals surface area (Å²) in [6, 6.07) is 10.2. The van der Waals surface area contributed by atoms with Crippen molar-refractivity contribution in [2.45, 2.75) is 33.0 Å². The molecule has 5 nitrogen and oxygen atoms in total. The smallest absolute Gasteiger partial charge is 0.374 e. The second-order valence-corrected chi connectivity index (χ2v) is 7.82. The highest BCUT2D eigenvalue weighted by Crippen LogP contribution is 2.34. The van der Waals surface area contributed by atoms with Crippen molar-refractivity contribution in [1.29, 1.82) is 0 Å². The zero-order valence-electron chi connectivity index (χ0n) is 18.1. The van der Waals surface area contributed by atoms with Gasteiger partial charge in [0.2, 0.25) is 5.91 Å². The Hall–Kier alpha value is -2.74. The summed E-state index contributed by atoms with van der Waals surface area (Å²) in [6.07, 6.45) is -4.53. The Kier molecular flexibility index (Phi) is 7.10. The van der Waals surface area contributed by atoms with Gasteiger partial charge < -0.3 is 20.4 Å². The lowest BCUT2D eigenvalue weighted by Crippen LogP contribution is -2.46. The number of carbonyl (C=O) groups excluding carboxylic acids is 1. The van der Waals surface area contributed by atoms with Crippen LogP contribution in [-0.2, 0) is 11.0 Å². The quantitative estimate of drug-likeness (QED) is 0.698. The number of piperazine rings is 1. The number of rotatable bonds is 6. The predicted octanol–water partition coefficient (Wildman–Crippen LogP) is 4.59. The molecule has 1 atom stereocenters. The number of hydrogen-bond donors (Lipinski definition) is 2. The Morgan fingerprint density at radius 1 is 1.10 bits per heavy atom. The zero-order chi connectivity index (χ0) is 22.6. The molecule has 1 aliphatic heterocycles. The highest BCUT2D eigenvalue weighted by molar-refractivity contribution is 5.97. The number of benzene rings is 2. The molecule has 0 radical (unpaired) electrons. The highest BCUT2D eigenvalue weighted by atomic mass is 19.4. The van der Waals surface area contributed by atoms with Crippen LogP contribution in [-0.4, -0.2) is 49.6 Å². The fourth-order valence-electron chi connectivity index (χ4n) is 3.80. The van der Waals surface area contributed by atoms with Gasteiger partial charge in [-0.15, -0.1) is 0 Å². The third-order valence-corrected chi connectivity index (χ3v) is 5.62. The highest BCUT2D eigenvalue weighted by Gasteiger charge is 2.33.